The molecule has 0 bridgehead atoms. The van der Waals surface area contributed by atoms with E-state index < -0.39 is 0 Å². The molecule has 0 spiro atoms. The van der Waals surface area contributed by atoms with E-state index in [1.165, 1.54) is 0 Å². The molecule has 2 rings (SSSR count). The van der Waals surface area contributed by atoms with Crippen LogP contribution < -0.4 is 4.90 Å². The highest BCUT2D eigenvalue weighted by atomic mass is 32.1. The van der Waals surface area contributed by atoms with E-state index in [4.69, 9.17) is 0 Å². The lowest BCUT2D eigenvalue weighted by Crippen LogP contribution is -2.24. The molecule has 68 valence electrons. The summed E-state index contributed by atoms with van der Waals surface area (Å²) in [6.07, 6.45) is 3.23. The summed E-state index contributed by atoms with van der Waals surface area (Å²) in [5.41, 5.74) is 0. The first-order valence-electron chi connectivity index (χ1n) is 4.23. The quantitative estimate of drug-likeness (QED) is 0.687. The summed E-state index contributed by atoms with van der Waals surface area (Å²) in [5, 5.41) is 0. The molecule has 0 saturated carbocycles. The summed E-state index contributed by atoms with van der Waals surface area (Å²) >= 11 is 4.13. The maximum absolute atomic E-state index is 11.3. The SMILES string of the molecule is O=C1CCCN1c1ccc(S)cn1. The molecule has 1 aliphatic heterocycles. The number of carbonyl (C=O) groups excluding carboxylic acids is 1. The highest BCUT2D eigenvalue weighted by molar-refractivity contribution is 7.80. The van der Waals surface area contributed by atoms with Crippen LogP contribution in [0.5, 0.6) is 0 Å². The number of carbonyl (C=O) groups is 1. The molecular formula is C9H10N2OS. The summed E-state index contributed by atoms with van der Waals surface area (Å²) in [6, 6.07) is 3.67. The van der Waals surface area contributed by atoms with Crippen molar-refractivity contribution in [1.82, 2.24) is 4.98 Å². The van der Waals surface area contributed by atoms with E-state index in [1.807, 2.05) is 12.1 Å². The normalized spacial score (nSPS) is 16.7. The molecule has 0 aliphatic carbocycles. The molecule has 4 heteroatoms. The zero-order chi connectivity index (χ0) is 9.26. The van der Waals surface area contributed by atoms with Crippen molar-refractivity contribution >= 4 is 24.4 Å². The van der Waals surface area contributed by atoms with E-state index >= 15 is 0 Å². The van der Waals surface area contributed by atoms with Crippen LogP contribution in [0, 0.1) is 0 Å². The highest BCUT2D eigenvalue weighted by Crippen LogP contribution is 2.19. The van der Waals surface area contributed by atoms with Crippen LogP contribution in [0.4, 0.5) is 5.82 Å². The molecule has 1 fully saturated rings. The molecule has 1 aromatic rings. The van der Waals surface area contributed by atoms with Gasteiger partial charge in [-0.2, -0.15) is 0 Å². The van der Waals surface area contributed by atoms with Gasteiger partial charge in [-0.25, -0.2) is 4.98 Å². The summed E-state index contributed by atoms with van der Waals surface area (Å²) in [7, 11) is 0. The number of thiol groups is 1. The van der Waals surface area contributed by atoms with Gasteiger partial charge in [0.25, 0.3) is 0 Å². The van der Waals surface area contributed by atoms with Crippen molar-refractivity contribution in [3.05, 3.63) is 18.3 Å². The Hall–Kier alpha value is -1.03. The summed E-state index contributed by atoms with van der Waals surface area (Å²) in [5.74, 6) is 0.903. The minimum absolute atomic E-state index is 0.166. The largest absolute Gasteiger partial charge is 0.297 e. The summed E-state index contributed by atoms with van der Waals surface area (Å²) in [6.45, 7) is 0.789. The first-order valence-corrected chi connectivity index (χ1v) is 4.67. The monoisotopic (exact) mass is 194 g/mol. The second kappa shape index (κ2) is 3.38. The van der Waals surface area contributed by atoms with Crippen molar-refractivity contribution in [1.29, 1.82) is 0 Å². The lowest BCUT2D eigenvalue weighted by molar-refractivity contribution is -0.117. The molecule has 1 amide bonds. The zero-order valence-electron chi connectivity index (χ0n) is 7.10. The fourth-order valence-electron chi connectivity index (χ4n) is 1.43. The van der Waals surface area contributed by atoms with Crippen LogP contribution >= 0.6 is 12.6 Å². The van der Waals surface area contributed by atoms with Gasteiger partial charge in [0, 0.05) is 24.1 Å². The number of rotatable bonds is 1. The fraction of sp³-hybridized carbons (Fsp3) is 0.333. The molecule has 1 aliphatic rings. The maximum atomic E-state index is 11.3. The Morgan fingerprint density at radius 1 is 1.46 bits per heavy atom. The molecule has 13 heavy (non-hydrogen) atoms. The van der Waals surface area contributed by atoms with Crippen molar-refractivity contribution in [2.75, 3.05) is 11.4 Å². The average Bonchev–Trinajstić information content (AvgIpc) is 2.53. The molecular weight excluding hydrogens is 184 g/mol. The van der Waals surface area contributed by atoms with E-state index in [2.05, 4.69) is 17.6 Å². The van der Waals surface area contributed by atoms with Gasteiger partial charge in [-0.05, 0) is 18.6 Å². The molecule has 1 saturated heterocycles. The van der Waals surface area contributed by atoms with Crippen molar-refractivity contribution in [3.8, 4) is 0 Å². The second-order valence-electron chi connectivity index (χ2n) is 3.02. The van der Waals surface area contributed by atoms with E-state index in [0.29, 0.717) is 6.42 Å². The molecule has 0 aromatic carbocycles. The third kappa shape index (κ3) is 1.67. The van der Waals surface area contributed by atoms with Crippen LogP contribution in [0.1, 0.15) is 12.8 Å². The minimum Gasteiger partial charge on any atom is -0.297 e. The third-order valence-electron chi connectivity index (χ3n) is 2.08. The van der Waals surface area contributed by atoms with Gasteiger partial charge < -0.3 is 0 Å². The molecule has 0 radical (unpaired) electrons. The first-order chi connectivity index (χ1) is 6.27. The van der Waals surface area contributed by atoms with Gasteiger partial charge >= 0.3 is 0 Å². The Kier molecular flexibility index (Phi) is 2.22. The lowest BCUT2D eigenvalue weighted by Gasteiger charge is -2.13. The Morgan fingerprint density at radius 3 is 2.85 bits per heavy atom. The standard InChI is InChI=1S/C9H10N2OS/c12-9-2-1-5-11(9)8-4-3-7(13)6-10-8/h3-4,6,13H,1-2,5H2. The number of hydrogen-bond acceptors (Lipinski definition) is 3. The molecule has 0 unspecified atom stereocenters. The van der Waals surface area contributed by atoms with Crippen LogP contribution in [-0.4, -0.2) is 17.4 Å². The zero-order valence-corrected chi connectivity index (χ0v) is 8.00. The molecule has 3 nitrogen and oxygen atoms in total. The van der Waals surface area contributed by atoms with Crippen molar-refractivity contribution in [2.45, 2.75) is 17.7 Å². The van der Waals surface area contributed by atoms with Gasteiger partial charge in [0.2, 0.25) is 5.91 Å². The number of hydrogen-bond donors (Lipinski definition) is 1. The van der Waals surface area contributed by atoms with Crippen molar-refractivity contribution < 1.29 is 4.79 Å². The van der Waals surface area contributed by atoms with E-state index in [1.54, 1.807) is 11.1 Å². The van der Waals surface area contributed by atoms with Crippen LogP contribution in [0.3, 0.4) is 0 Å². The smallest absolute Gasteiger partial charge is 0.228 e. The molecule has 0 N–H and O–H groups in total. The molecule has 2 heterocycles. The first kappa shape index (κ1) is 8.56. The number of nitrogens with zero attached hydrogens (tertiary/aromatic N) is 2. The highest BCUT2D eigenvalue weighted by Gasteiger charge is 2.22. The fourth-order valence-corrected chi connectivity index (χ4v) is 1.56. The van der Waals surface area contributed by atoms with Crippen LogP contribution in [0.25, 0.3) is 0 Å². The number of anilines is 1. The average molecular weight is 194 g/mol. The predicted octanol–water partition coefficient (Wildman–Crippen LogP) is 1.50. The maximum Gasteiger partial charge on any atom is 0.228 e. The van der Waals surface area contributed by atoms with E-state index in [-0.39, 0.29) is 5.91 Å². The van der Waals surface area contributed by atoms with Crippen LogP contribution in [0.2, 0.25) is 0 Å². The van der Waals surface area contributed by atoms with Gasteiger partial charge in [-0.15, -0.1) is 12.6 Å². The lowest BCUT2D eigenvalue weighted by atomic mass is 10.4. The van der Waals surface area contributed by atoms with Crippen LogP contribution in [-0.2, 0) is 4.79 Å². The van der Waals surface area contributed by atoms with Crippen molar-refractivity contribution in [3.63, 3.8) is 0 Å². The van der Waals surface area contributed by atoms with Crippen LogP contribution in [0.15, 0.2) is 23.2 Å². The van der Waals surface area contributed by atoms with Gasteiger partial charge in [0.15, 0.2) is 0 Å². The Morgan fingerprint density at radius 2 is 2.31 bits per heavy atom. The summed E-state index contributed by atoms with van der Waals surface area (Å²) < 4.78 is 0. The Labute approximate surface area is 82.2 Å². The predicted molar refractivity (Wildman–Crippen MR) is 53.1 cm³/mol. The van der Waals surface area contributed by atoms with E-state index in [0.717, 1.165) is 23.7 Å². The number of pyridine rings is 1. The third-order valence-corrected chi connectivity index (χ3v) is 2.35. The number of aromatic nitrogens is 1. The van der Waals surface area contributed by atoms with Gasteiger partial charge in [0.05, 0.1) is 0 Å². The topological polar surface area (TPSA) is 33.2 Å². The minimum atomic E-state index is 0.166. The van der Waals surface area contributed by atoms with Gasteiger partial charge in [0.1, 0.15) is 5.82 Å². The van der Waals surface area contributed by atoms with Crippen molar-refractivity contribution in [2.24, 2.45) is 0 Å². The Bertz CT molecular complexity index is 323. The van der Waals surface area contributed by atoms with E-state index in [9.17, 15) is 4.79 Å². The number of amides is 1. The van der Waals surface area contributed by atoms with Gasteiger partial charge in [-0.3, -0.25) is 9.69 Å². The summed E-state index contributed by atoms with van der Waals surface area (Å²) in [4.78, 5) is 18.0. The molecule has 1 aromatic heterocycles. The molecule has 0 atom stereocenters. The van der Waals surface area contributed by atoms with Gasteiger partial charge in [-0.1, -0.05) is 0 Å². The second-order valence-corrected chi connectivity index (χ2v) is 3.54. The Balaban J connectivity index is 2.25.